The minimum absolute atomic E-state index is 0.0780. The van der Waals surface area contributed by atoms with Crippen molar-refractivity contribution in [2.75, 3.05) is 11.3 Å². The van der Waals surface area contributed by atoms with Crippen LogP contribution in [0.25, 0.3) is 0 Å². The first-order valence-electron chi connectivity index (χ1n) is 6.32. The van der Waals surface area contributed by atoms with Crippen LogP contribution in [0.2, 0.25) is 0 Å². The lowest BCUT2D eigenvalue weighted by atomic mass is 10.3. The van der Waals surface area contributed by atoms with Crippen molar-refractivity contribution in [3.05, 3.63) is 35.4 Å². The highest BCUT2D eigenvalue weighted by Crippen LogP contribution is 2.29. The Morgan fingerprint density at radius 2 is 2.10 bits per heavy atom. The van der Waals surface area contributed by atoms with Gasteiger partial charge in [0.1, 0.15) is 16.5 Å². The monoisotopic (exact) mass is 313 g/mol. The summed E-state index contributed by atoms with van der Waals surface area (Å²) in [6, 6.07) is 3.62. The molecule has 6 nitrogen and oxygen atoms in total. The number of sulfonamides is 1. The highest BCUT2D eigenvalue weighted by Gasteiger charge is 2.23. The van der Waals surface area contributed by atoms with E-state index in [0.29, 0.717) is 18.0 Å². The summed E-state index contributed by atoms with van der Waals surface area (Å²) in [6.45, 7) is 5.23. The molecule has 0 aliphatic heterocycles. The number of nitrogens with one attached hydrogen (secondary N) is 2. The molecule has 2 aromatic rings. The average molecular weight is 313 g/mol. The molecule has 0 aliphatic rings. The van der Waals surface area contributed by atoms with E-state index in [2.05, 4.69) is 14.9 Å². The number of ether oxygens (including phenoxy) is 1. The quantitative estimate of drug-likeness (QED) is 0.887. The van der Waals surface area contributed by atoms with Crippen molar-refractivity contribution < 1.29 is 17.5 Å². The van der Waals surface area contributed by atoms with Crippen LogP contribution in [0, 0.1) is 19.7 Å². The van der Waals surface area contributed by atoms with Crippen molar-refractivity contribution in [3.8, 4) is 5.75 Å². The maximum Gasteiger partial charge on any atom is 0.265 e. The molecular formula is C13H16FN3O3S. The summed E-state index contributed by atoms with van der Waals surface area (Å²) in [5.41, 5.74) is 0.971. The molecule has 1 aromatic carbocycles. The minimum Gasteiger partial charge on any atom is -0.492 e. The number of hydrogen-bond acceptors (Lipinski definition) is 4. The number of anilines is 1. The van der Waals surface area contributed by atoms with Crippen molar-refractivity contribution >= 4 is 15.7 Å². The molecule has 0 saturated heterocycles. The summed E-state index contributed by atoms with van der Waals surface area (Å²) in [7, 11) is -3.83. The fourth-order valence-corrected chi connectivity index (χ4v) is 3.43. The first-order chi connectivity index (χ1) is 9.85. The number of aryl methyl sites for hydroxylation is 2. The number of aromatic amines is 1. The maximum atomic E-state index is 13.2. The van der Waals surface area contributed by atoms with E-state index in [1.54, 1.807) is 20.8 Å². The van der Waals surface area contributed by atoms with Gasteiger partial charge >= 0.3 is 0 Å². The predicted molar refractivity (Wildman–Crippen MR) is 76.4 cm³/mol. The predicted octanol–water partition coefficient (Wildman–Crippen LogP) is 2.37. The molecule has 0 saturated carbocycles. The molecule has 21 heavy (non-hydrogen) atoms. The topological polar surface area (TPSA) is 84.1 Å². The first kappa shape index (κ1) is 15.3. The van der Waals surface area contributed by atoms with Gasteiger partial charge in [0.05, 0.1) is 23.7 Å². The van der Waals surface area contributed by atoms with E-state index in [0.717, 1.165) is 12.1 Å². The van der Waals surface area contributed by atoms with Crippen LogP contribution >= 0.6 is 0 Å². The molecule has 0 radical (unpaired) electrons. The molecule has 0 spiro atoms. The Kier molecular flexibility index (Phi) is 4.17. The fraction of sp³-hybridized carbons (Fsp3) is 0.308. The van der Waals surface area contributed by atoms with Crippen LogP contribution in [0.5, 0.6) is 5.75 Å². The molecule has 0 bridgehead atoms. The van der Waals surface area contributed by atoms with Gasteiger partial charge in [-0.2, -0.15) is 5.10 Å². The fourth-order valence-electron chi connectivity index (χ4n) is 1.99. The molecule has 8 heteroatoms. The van der Waals surface area contributed by atoms with Crippen molar-refractivity contribution in [3.63, 3.8) is 0 Å². The SMILES string of the molecule is CCOc1cc(F)ccc1NS(=O)(=O)c1c(C)n[nH]c1C. The largest absolute Gasteiger partial charge is 0.492 e. The summed E-state index contributed by atoms with van der Waals surface area (Å²) in [5, 5.41) is 6.48. The highest BCUT2D eigenvalue weighted by atomic mass is 32.2. The van der Waals surface area contributed by atoms with Gasteiger partial charge < -0.3 is 4.74 Å². The number of hydrogen-bond donors (Lipinski definition) is 2. The normalized spacial score (nSPS) is 11.4. The van der Waals surface area contributed by atoms with Crippen LogP contribution in [0.3, 0.4) is 0 Å². The number of H-pyrrole nitrogens is 1. The second-order valence-corrected chi connectivity index (χ2v) is 6.06. The molecule has 0 unspecified atom stereocenters. The van der Waals surface area contributed by atoms with Gasteiger partial charge in [-0.05, 0) is 32.9 Å². The van der Waals surface area contributed by atoms with Gasteiger partial charge in [-0.1, -0.05) is 0 Å². The lowest BCUT2D eigenvalue weighted by Crippen LogP contribution is -2.15. The Hall–Kier alpha value is -2.09. The van der Waals surface area contributed by atoms with Crippen molar-refractivity contribution in [1.82, 2.24) is 10.2 Å². The number of nitrogens with zero attached hydrogens (tertiary/aromatic N) is 1. The first-order valence-corrected chi connectivity index (χ1v) is 7.80. The Bertz CT molecular complexity index is 737. The summed E-state index contributed by atoms with van der Waals surface area (Å²) in [5.74, 6) is -0.364. The van der Waals surface area contributed by atoms with E-state index in [-0.39, 0.29) is 16.3 Å². The Morgan fingerprint density at radius 1 is 1.38 bits per heavy atom. The molecule has 2 rings (SSSR count). The van der Waals surface area contributed by atoms with Gasteiger partial charge in [-0.15, -0.1) is 0 Å². The standard InChI is InChI=1S/C13H16FN3O3S/c1-4-20-12-7-10(14)5-6-11(12)17-21(18,19)13-8(2)15-16-9(13)3/h5-7,17H,4H2,1-3H3,(H,15,16). The van der Waals surface area contributed by atoms with Crippen LogP contribution in [0.4, 0.5) is 10.1 Å². The molecule has 0 amide bonds. The smallest absolute Gasteiger partial charge is 0.265 e. The van der Waals surface area contributed by atoms with Crippen molar-refractivity contribution in [1.29, 1.82) is 0 Å². The average Bonchev–Trinajstić information content (AvgIpc) is 2.73. The van der Waals surface area contributed by atoms with E-state index in [1.165, 1.54) is 6.07 Å². The molecule has 2 N–H and O–H groups in total. The third kappa shape index (κ3) is 3.15. The van der Waals surface area contributed by atoms with Crippen LogP contribution in [-0.4, -0.2) is 25.2 Å². The molecule has 0 fully saturated rings. The lowest BCUT2D eigenvalue weighted by molar-refractivity contribution is 0.340. The summed E-state index contributed by atoms with van der Waals surface area (Å²) < 4.78 is 45.7. The van der Waals surface area contributed by atoms with Gasteiger partial charge in [0.25, 0.3) is 10.0 Å². The zero-order chi connectivity index (χ0) is 15.6. The van der Waals surface area contributed by atoms with Crippen LogP contribution in [0.15, 0.2) is 23.1 Å². The van der Waals surface area contributed by atoms with Crippen molar-refractivity contribution in [2.45, 2.75) is 25.7 Å². The van der Waals surface area contributed by atoms with E-state index >= 15 is 0 Å². The third-order valence-corrected chi connectivity index (χ3v) is 4.44. The van der Waals surface area contributed by atoms with Crippen LogP contribution in [0.1, 0.15) is 18.3 Å². The second-order valence-electron chi connectivity index (χ2n) is 4.44. The molecular weight excluding hydrogens is 297 g/mol. The van der Waals surface area contributed by atoms with E-state index in [9.17, 15) is 12.8 Å². The summed E-state index contributed by atoms with van der Waals surface area (Å²) in [6.07, 6.45) is 0. The number of benzene rings is 1. The maximum absolute atomic E-state index is 13.2. The van der Waals surface area contributed by atoms with Gasteiger partial charge in [-0.25, -0.2) is 12.8 Å². The van der Waals surface area contributed by atoms with E-state index < -0.39 is 15.8 Å². The van der Waals surface area contributed by atoms with Crippen LogP contribution in [-0.2, 0) is 10.0 Å². The molecule has 1 heterocycles. The van der Waals surface area contributed by atoms with Crippen LogP contribution < -0.4 is 9.46 Å². The number of rotatable bonds is 5. The second kappa shape index (κ2) is 5.72. The Morgan fingerprint density at radius 3 is 2.67 bits per heavy atom. The third-order valence-electron chi connectivity index (χ3n) is 2.82. The van der Waals surface area contributed by atoms with Gasteiger partial charge in [-0.3, -0.25) is 9.82 Å². The molecule has 0 aliphatic carbocycles. The molecule has 1 aromatic heterocycles. The Labute approximate surface area is 122 Å². The number of aromatic nitrogens is 2. The lowest BCUT2D eigenvalue weighted by Gasteiger charge is -2.13. The Balaban J connectivity index is 2.42. The zero-order valence-electron chi connectivity index (χ0n) is 11.9. The summed E-state index contributed by atoms with van der Waals surface area (Å²) >= 11 is 0. The van der Waals surface area contributed by atoms with Gasteiger partial charge in [0.15, 0.2) is 0 Å². The summed E-state index contributed by atoms with van der Waals surface area (Å²) in [4.78, 5) is 0.0780. The van der Waals surface area contributed by atoms with Gasteiger partial charge in [0, 0.05) is 6.07 Å². The zero-order valence-corrected chi connectivity index (χ0v) is 12.7. The highest BCUT2D eigenvalue weighted by molar-refractivity contribution is 7.92. The minimum atomic E-state index is -3.83. The van der Waals surface area contributed by atoms with Crippen molar-refractivity contribution in [2.24, 2.45) is 0 Å². The molecule has 114 valence electrons. The van der Waals surface area contributed by atoms with E-state index in [4.69, 9.17) is 4.74 Å². The number of halogens is 1. The van der Waals surface area contributed by atoms with E-state index in [1.807, 2.05) is 0 Å². The molecule has 0 atom stereocenters. The van der Waals surface area contributed by atoms with Gasteiger partial charge in [0.2, 0.25) is 0 Å².